The Morgan fingerprint density at radius 2 is 1.38 bits per heavy atom. The van der Waals surface area contributed by atoms with E-state index >= 15 is 0 Å². The fourth-order valence-corrected chi connectivity index (χ4v) is 0.720. The second kappa shape index (κ2) is 6.19. The van der Waals surface area contributed by atoms with Gasteiger partial charge in [0.15, 0.2) is 0 Å². The van der Waals surface area contributed by atoms with Gasteiger partial charge >= 0.3 is 11.9 Å². The van der Waals surface area contributed by atoms with Crippen molar-refractivity contribution in [3.8, 4) is 0 Å². The van der Waals surface area contributed by atoms with Crippen LogP contribution in [-0.2, 0) is 9.59 Å². The van der Waals surface area contributed by atoms with Gasteiger partial charge in [0, 0.05) is 4.47 Å². The van der Waals surface area contributed by atoms with Gasteiger partial charge in [0.1, 0.15) is 0 Å². The molecule has 0 saturated carbocycles. The average Bonchev–Trinajstić information content (AvgIpc) is 2.06. The molecule has 0 aromatic heterocycles. The fourth-order valence-electron chi connectivity index (χ4n) is 0.415. The number of carboxylic acid groups (broad SMARTS) is 2. The molecule has 0 aliphatic rings. The minimum atomic E-state index is -1.82. The molecule has 0 aliphatic carbocycles. The molecule has 0 amide bonds. The molecule has 0 heterocycles. The van der Waals surface area contributed by atoms with Crippen molar-refractivity contribution in [3.63, 3.8) is 0 Å². The molecule has 1 rings (SSSR count). The molecule has 0 radical (unpaired) electrons. The topological polar surface area (TPSA) is 74.6 Å². The van der Waals surface area contributed by atoms with Gasteiger partial charge in [0.2, 0.25) is 0 Å². The predicted octanol–water partition coefficient (Wildman–Crippen LogP) is 1.60. The van der Waals surface area contributed by atoms with E-state index in [1.807, 2.05) is 30.3 Å². The van der Waals surface area contributed by atoms with Crippen molar-refractivity contribution in [3.05, 3.63) is 34.8 Å². The standard InChI is InChI=1S/C6H5Br.C2H2O4/c7-6-4-2-1-3-5-6;3-1(4)2(5)6/h1-5H;(H,3,4)(H,5,6). The summed E-state index contributed by atoms with van der Waals surface area (Å²) in [6, 6.07) is 9.97. The molecule has 2 N–H and O–H groups in total. The molecular weight excluding hydrogens is 240 g/mol. The highest BCUT2D eigenvalue weighted by Crippen LogP contribution is 2.05. The minimum absolute atomic E-state index is 1.13. The SMILES string of the molecule is Brc1ccccc1.O=C(O)C(=O)O. The summed E-state index contributed by atoms with van der Waals surface area (Å²) in [7, 11) is 0. The van der Waals surface area contributed by atoms with Crippen LogP contribution in [0.5, 0.6) is 0 Å². The second-order valence-corrected chi connectivity index (χ2v) is 2.82. The molecule has 13 heavy (non-hydrogen) atoms. The van der Waals surface area contributed by atoms with Crippen LogP contribution in [0.3, 0.4) is 0 Å². The Bertz CT molecular complexity index is 271. The number of aliphatic carboxylic acids is 2. The molecule has 0 bridgehead atoms. The molecule has 0 saturated heterocycles. The molecule has 70 valence electrons. The normalized spacial score (nSPS) is 8.08. The second-order valence-electron chi connectivity index (χ2n) is 1.91. The van der Waals surface area contributed by atoms with Gasteiger partial charge in [-0.15, -0.1) is 0 Å². The van der Waals surface area contributed by atoms with Crippen molar-refractivity contribution < 1.29 is 19.8 Å². The van der Waals surface area contributed by atoms with E-state index < -0.39 is 11.9 Å². The van der Waals surface area contributed by atoms with Gasteiger partial charge < -0.3 is 10.2 Å². The van der Waals surface area contributed by atoms with E-state index in [1.54, 1.807) is 0 Å². The van der Waals surface area contributed by atoms with Crippen molar-refractivity contribution in [2.45, 2.75) is 0 Å². The number of hydrogen-bond donors (Lipinski definition) is 2. The third-order valence-corrected chi connectivity index (χ3v) is 1.44. The molecule has 0 fully saturated rings. The lowest BCUT2D eigenvalue weighted by Gasteiger charge is -1.80. The smallest absolute Gasteiger partial charge is 0.414 e. The van der Waals surface area contributed by atoms with Crippen LogP contribution >= 0.6 is 15.9 Å². The maximum absolute atomic E-state index is 9.10. The summed E-state index contributed by atoms with van der Waals surface area (Å²) in [5.74, 6) is -3.65. The van der Waals surface area contributed by atoms with Crippen LogP contribution in [0.4, 0.5) is 0 Å². The Labute approximate surface area is 82.9 Å². The number of benzene rings is 1. The van der Waals surface area contributed by atoms with Gasteiger partial charge in [0.25, 0.3) is 0 Å². The fraction of sp³-hybridized carbons (Fsp3) is 0. The molecule has 1 aromatic carbocycles. The average molecular weight is 247 g/mol. The maximum Gasteiger partial charge on any atom is 0.414 e. The first-order chi connectivity index (χ1) is 6.04. The van der Waals surface area contributed by atoms with E-state index in [1.165, 1.54) is 0 Å². The van der Waals surface area contributed by atoms with E-state index in [9.17, 15) is 0 Å². The Morgan fingerprint density at radius 1 is 1.00 bits per heavy atom. The first kappa shape index (κ1) is 11.6. The zero-order valence-electron chi connectivity index (χ0n) is 6.48. The number of hydrogen-bond acceptors (Lipinski definition) is 2. The van der Waals surface area contributed by atoms with Gasteiger partial charge in [-0.05, 0) is 12.1 Å². The van der Waals surface area contributed by atoms with E-state index in [4.69, 9.17) is 19.8 Å². The minimum Gasteiger partial charge on any atom is -0.473 e. The zero-order valence-corrected chi connectivity index (χ0v) is 8.06. The monoisotopic (exact) mass is 246 g/mol. The molecule has 0 unspecified atom stereocenters. The van der Waals surface area contributed by atoms with Crippen molar-refractivity contribution in [1.29, 1.82) is 0 Å². The summed E-state index contributed by atoms with van der Waals surface area (Å²) in [5.41, 5.74) is 0. The van der Waals surface area contributed by atoms with Gasteiger partial charge in [-0.2, -0.15) is 0 Å². The van der Waals surface area contributed by atoms with Crippen LogP contribution in [0, 0.1) is 0 Å². The Balaban J connectivity index is 0.000000226. The van der Waals surface area contributed by atoms with Crippen LogP contribution in [-0.4, -0.2) is 22.2 Å². The Hall–Kier alpha value is -1.36. The molecule has 0 spiro atoms. The maximum atomic E-state index is 9.10. The Kier molecular flexibility index (Phi) is 5.54. The largest absolute Gasteiger partial charge is 0.473 e. The van der Waals surface area contributed by atoms with Gasteiger partial charge in [-0.25, -0.2) is 9.59 Å². The quantitative estimate of drug-likeness (QED) is 0.683. The first-order valence-corrected chi connectivity index (χ1v) is 4.00. The van der Waals surface area contributed by atoms with Crippen molar-refractivity contribution >= 4 is 27.9 Å². The molecule has 4 nitrogen and oxygen atoms in total. The molecule has 5 heteroatoms. The lowest BCUT2D eigenvalue weighted by Crippen LogP contribution is -2.09. The first-order valence-electron chi connectivity index (χ1n) is 3.21. The zero-order chi connectivity index (χ0) is 10.3. The van der Waals surface area contributed by atoms with Crippen molar-refractivity contribution in [2.24, 2.45) is 0 Å². The molecule has 0 aliphatic heterocycles. The summed E-state index contributed by atoms with van der Waals surface area (Å²) in [6.45, 7) is 0. The summed E-state index contributed by atoms with van der Waals surface area (Å²) in [5, 5.41) is 14.8. The van der Waals surface area contributed by atoms with Crippen LogP contribution in [0.2, 0.25) is 0 Å². The van der Waals surface area contributed by atoms with Crippen LogP contribution in [0.15, 0.2) is 34.8 Å². The van der Waals surface area contributed by atoms with Crippen molar-refractivity contribution in [2.75, 3.05) is 0 Å². The summed E-state index contributed by atoms with van der Waals surface area (Å²) >= 11 is 3.31. The van der Waals surface area contributed by atoms with Crippen LogP contribution in [0.25, 0.3) is 0 Å². The van der Waals surface area contributed by atoms with E-state index in [0.717, 1.165) is 4.47 Å². The summed E-state index contributed by atoms with van der Waals surface area (Å²) in [6.07, 6.45) is 0. The lowest BCUT2D eigenvalue weighted by molar-refractivity contribution is -0.159. The number of carboxylic acids is 2. The van der Waals surface area contributed by atoms with Gasteiger partial charge in [-0.3, -0.25) is 0 Å². The molecule has 0 atom stereocenters. The molecular formula is C8H7BrO4. The number of carbonyl (C=O) groups is 2. The van der Waals surface area contributed by atoms with Crippen LogP contribution < -0.4 is 0 Å². The van der Waals surface area contributed by atoms with Crippen LogP contribution in [0.1, 0.15) is 0 Å². The number of halogens is 1. The van der Waals surface area contributed by atoms with E-state index in [-0.39, 0.29) is 0 Å². The van der Waals surface area contributed by atoms with Gasteiger partial charge in [-0.1, -0.05) is 34.1 Å². The lowest BCUT2D eigenvalue weighted by atomic mass is 10.4. The third kappa shape index (κ3) is 7.02. The highest BCUT2D eigenvalue weighted by molar-refractivity contribution is 9.10. The van der Waals surface area contributed by atoms with Crippen molar-refractivity contribution in [1.82, 2.24) is 0 Å². The van der Waals surface area contributed by atoms with E-state index in [2.05, 4.69) is 15.9 Å². The highest BCUT2D eigenvalue weighted by atomic mass is 79.9. The number of rotatable bonds is 0. The highest BCUT2D eigenvalue weighted by Gasteiger charge is 2.04. The van der Waals surface area contributed by atoms with E-state index in [0.29, 0.717) is 0 Å². The summed E-state index contributed by atoms with van der Waals surface area (Å²) in [4.78, 5) is 18.2. The third-order valence-electron chi connectivity index (χ3n) is 0.916. The predicted molar refractivity (Wildman–Crippen MR) is 49.4 cm³/mol. The summed E-state index contributed by atoms with van der Waals surface area (Å²) < 4.78 is 1.13. The Morgan fingerprint density at radius 3 is 1.54 bits per heavy atom. The molecule has 1 aromatic rings. The van der Waals surface area contributed by atoms with Gasteiger partial charge in [0.05, 0.1) is 0 Å².